The Bertz CT molecular complexity index is 1130. The molecule has 32 heavy (non-hydrogen) atoms. The molecule has 0 amide bonds. The maximum Gasteiger partial charge on any atom is 0.403 e. The summed E-state index contributed by atoms with van der Waals surface area (Å²) >= 11 is 0. The number of aromatic nitrogens is 2. The molecule has 2 aromatic heterocycles. The first-order valence-electron chi connectivity index (χ1n) is 11.2. The second-order valence-electron chi connectivity index (χ2n) is 8.54. The third-order valence-electron chi connectivity index (χ3n) is 6.45. The largest absolute Gasteiger partial charge is 0.403 e. The van der Waals surface area contributed by atoms with Crippen molar-refractivity contribution < 1.29 is 13.2 Å². The zero-order chi connectivity index (χ0) is 22.9. The molecule has 168 valence electrons. The lowest BCUT2D eigenvalue weighted by atomic mass is 10.1. The Balaban J connectivity index is 1.74. The smallest absolute Gasteiger partial charge is 0.335 e. The van der Waals surface area contributed by atoms with E-state index in [1.54, 1.807) is 12.3 Å². The Morgan fingerprint density at radius 1 is 1.19 bits per heavy atom. The number of alkyl halides is 3. The molecule has 0 bridgehead atoms. The molecule has 1 N–H and O–H groups in total. The third-order valence-corrected chi connectivity index (χ3v) is 6.45. The number of rotatable bonds is 6. The summed E-state index contributed by atoms with van der Waals surface area (Å²) in [5.74, 6) is 0. The Kier molecular flexibility index (Phi) is 6.25. The van der Waals surface area contributed by atoms with Gasteiger partial charge < -0.3 is 9.88 Å². The van der Waals surface area contributed by atoms with Gasteiger partial charge in [-0.15, -0.1) is 0 Å². The van der Waals surface area contributed by atoms with Gasteiger partial charge in [0.1, 0.15) is 12.1 Å². The van der Waals surface area contributed by atoms with Crippen molar-refractivity contribution in [3.05, 3.63) is 53.2 Å². The molecule has 0 saturated heterocycles. The maximum atomic E-state index is 12.8. The van der Waals surface area contributed by atoms with E-state index in [2.05, 4.69) is 46.1 Å². The van der Waals surface area contributed by atoms with Crippen molar-refractivity contribution >= 4 is 10.9 Å². The summed E-state index contributed by atoms with van der Waals surface area (Å²) in [7, 11) is 0. The van der Waals surface area contributed by atoms with Gasteiger partial charge in [-0.3, -0.25) is 4.98 Å². The van der Waals surface area contributed by atoms with Gasteiger partial charge in [0.25, 0.3) is 0 Å². The fourth-order valence-corrected chi connectivity index (χ4v) is 4.54. The maximum absolute atomic E-state index is 12.8. The first-order chi connectivity index (χ1) is 15.3. The zero-order valence-electron chi connectivity index (χ0n) is 18.3. The van der Waals surface area contributed by atoms with E-state index in [4.69, 9.17) is 0 Å². The van der Waals surface area contributed by atoms with Crippen LogP contribution in [0.15, 0.2) is 36.5 Å². The van der Waals surface area contributed by atoms with Gasteiger partial charge in [-0.05, 0) is 55.5 Å². The van der Waals surface area contributed by atoms with Gasteiger partial charge >= 0.3 is 6.18 Å². The number of halogens is 3. The van der Waals surface area contributed by atoms with Crippen LogP contribution in [0.5, 0.6) is 0 Å². The minimum atomic E-state index is -4.28. The highest BCUT2D eigenvalue weighted by molar-refractivity contribution is 5.94. The number of nitrogens with one attached hydrogen (secondary N) is 1. The number of nitrogens with zero attached hydrogens (tertiary/aromatic N) is 3. The van der Waals surface area contributed by atoms with Crippen LogP contribution in [0.25, 0.3) is 22.3 Å². The Labute approximate surface area is 186 Å². The molecule has 2 heterocycles. The third kappa shape index (κ3) is 4.24. The summed E-state index contributed by atoms with van der Waals surface area (Å²) in [5, 5.41) is 13.5. The normalized spacial score (nSPS) is 15.9. The molecular formula is C25H27F3N4. The van der Waals surface area contributed by atoms with Gasteiger partial charge in [-0.25, -0.2) is 0 Å². The Hall–Kier alpha value is -2.85. The van der Waals surface area contributed by atoms with Gasteiger partial charge in [-0.2, -0.15) is 18.4 Å². The van der Waals surface area contributed by atoms with Crippen LogP contribution in [0.2, 0.25) is 0 Å². The van der Waals surface area contributed by atoms with Crippen molar-refractivity contribution in [3.63, 3.8) is 0 Å². The van der Waals surface area contributed by atoms with Crippen LogP contribution < -0.4 is 5.32 Å². The SMILES string of the molecule is CCc1ccc2c(c1)c(C#N)c(-c1ccc(CNC(C)C(F)(F)F)cn1)n2C1CCCC1. The molecule has 1 atom stereocenters. The standard InChI is InChI=1S/C25H27F3N4/c1-3-17-9-11-23-20(12-17)21(13-29)24(32(23)19-6-4-5-7-19)22-10-8-18(15-31-22)14-30-16(2)25(26,27)28/h8-12,15-16,19,30H,3-7,14H2,1-2H3. The average molecular weight is 441 g/mol. The molecule has 1 saturated carbocycles. The summed E-state index contributed by atoms with van der Waals surface area (Å²) in [5.41, 5.74) is 5.00. The first-order valence-corrected chi connectivity index (χ1v) is 11.2. The lowest BCUT2D eigenvalue weighted by Gasteiger charge is -2.18. The van der Waals surface area contributed by atoms with Crippen molar-refractivity contribution in [2.75, 3.05) is 0 Å². The Morgan fingerprint density at radius 3 is 2.50 bits per heavy atom. The van der Waals surface area contributed by atoms with Gasteiger partial charge in [0, 0.05) is 24.2 Å². The van der Waals surface area contributed by atoms with E-state index in [1.807, 2.05) is 6.07 Å². The molecule has 1 unspecified atom stereocenters. The second-order valence-corrected chi connectivity index (χ2v) is 8.54. The molecule has 1 aromatic carbocycles. The van der Waals surface area contributed by atoms with E-state index in [9.17, 15) is 18.4 Å². The van der Waals surface area contributed by atoms with E-state index in [-0.39, 0.29) is 6.54 Å². The van der Waals surface area contributed by atoms with E-state index in [0.717, 1.165) is 55.6 Å². The Morgan fingerprint density at radius 2 is 1.91 bits per heavy atom. The van der Waals surface area contributed by atoms with Crippen molar-refractivity contribution in [2.24, 2.45) is 0 Å². The van der Waals surface area contributed by atoms with Crippen LogP contribution in [-0.4, -0.2) is 21.8 Å². The van der Waals surface area contributed by atoms with Crippen molar-refractivity contribution in [3.8, 4) is 17.5 Å². The molecule has 7 heteroatoms. The number of aryl methyl sites for hydroxylation is 1. The number of benzene rings is 1. The monoisotopic (exact) mass is 440 g/mol. The zero-order valence-corrected chi connectivity index (χ0v) is 18.3. The van der Waals surface area contributed by atoms with Crippen LogP contribution in [0, 0.1) is 11.3 Å². The van der Waals surface area contributed by atoms with Crippen LogP contribution >= 0.6 is 0 Å². The van der Waals surface area contributed by atoms with E-state index in [0.29, 0.717) is 22.9 Å². The second kappa shape index (κ2) is 8.95. The number of fused-ring (bicyclic) bond motifs is 1. The van der Waals surface area contributed by atoms with Gasteiger partial charge in [0.2, 0.25) is 0 Å². The van der Waals surface area contributed by atoms with Crippen molar-refractivity contribution in [1.29, 1.82) is 5.26 Å². The lowest BCUT2D eigenvalue weighted by Crippen LogP contribution is -2.39. The minimum Gasteiger partial charge on any atom is -0.335 e. The van der Waals surface area contributed by atoms with Crippen LogP contribution in [0.1, 0.15) is 62.3 Å². The van der Waals surface area contributed by atoms with Crippen molar-refractivity contribution in [1.82, 2.24) is 14.9 Å². The van der Waals surface area contributed by atoms with E-state index in [1.165, 1.54) is 5.56 Å². The summed E-state index contributed by atoms with van der Waals surface area (Å²) in [6, 6.07) is 11.0. The number of nitriles is 1. The van der Waals surface area contributed by atoms with Crippen LogP contribution in [0.4, 0.5) is 13.2 Å². The molecule has 1 aliphatic carbocycles. The predicted molar refractivity (Wildman–Crippen MR) is 119 cm³/mol. The molecule has 0 aliphatic heterocycles. The molecule has 3 aromatic rings. The molecule has 1 aliphatic rings. The van der Waals surface area contributed by atoms with Crippen LogP contribution in [0.3, 0.4) is 0 Å². The minimum absolute atomic E-state index is 0.0739. The van der Waals surface area contributed by atoms with Gasteiger partial charge in [-0.1, -0.05) is 31.9 Å². The van der Waals surface area contributed by atoms with Crippen LogP contribution in [-0.2, 0) is 13.0 Å². The highest BCUT2D eigenvalue weighted by Gasteiger charge is 2.35. The highest BCUT2D eigenvalue weighted by atomic mass is 19.4. The summed E-state index contributed by atoms with van der Waals surface area (Å²) in [6.07, 6.45) is 2.65. The first kappa shape index (κ1) is 22.3. The summed E-state index contributed by atoms with van der Waals surface area (Å²) < 4.78 is 40.5. The van der Waals surface area contributed by atoms with Crippen molar-refractivity contribution in [2.45, 2.75) is 70.8 Å². The number of hydrogen-bond acceptors (Lipinski definition) is 3. The fourth-order valence-electron chi connectivity index (χ4n) is 4.54. The molecular weight excluding hydrogens is 413 g/mol. The fraction of sp³-hybridized carbons (Fsp3) is 0.440. The molecule has 0 radical (unpaired) electrons. The molecule has 0 spiro atoms. The van der Waals surface area contributed by atoms with Gasteiger partial charge in [0.05, 0.1) is 22.5 Å². The summed E-state index contributed by atoms with van der Waals surface area (Å²) in [4.78, 5) is 4.57. The van der Waals surface area contributed by atoms with Gasteiger partial charge in [0.15, 0.2) is 0 Å². The molecule has 1 fully saturated rings. The number of hydrogen-bond donors (Lipinski definition) is 1. The highest BCUT2D eigenvalue weighted by Crippen LogP contribution is 2.41. The quantitative estimate of drug-likeness (QED) is 0.490. The lowest BCUT2D eigenvalue weighted by molar-refractivity contribution is -0.151. The van der Waals surface area contributed by atoms with E-state index < -0.39 is 12.2 Å². The summed E-state index contributed by atoms with van der Waals surface area (Å²) in [6.45, 7) is 3.27. The number of pyridine rings is 1. The average Bonchev–Trinajstić information content (AvgIpc) is 3.42. The molecule has 4 rings (SSSR count). The molecule has 4 nitrogen and oxygen atoms in total. The van der Waals surface area contributed by atoms with E-state index >= 15 is 0 Å². The topological polar surface area (TPSA) is 53.6 Å². The predicted octanol–water partition coefficient (Wildman–Crippen LogP) is 6.29.